The molecular weight excluding hydrogens is 162 g/mol. The van der Waals surface area contributed by atoms with E-state index in [1.807, 2.05) is 12.2 Å². The summed E-state index contributed by atoms with van der Waals surface area (Å²) in [7, 11) is 1.58. The van der Waals surface area contributed by atoms with Crippen molar-refractivity contribution in [1.82, 2.24) is 0 Å². The van der Waals surface area contributed by atoms with Gasteiger partial charge >= 0.3 is 0 Å². The van der Waals surface area contributed by atoms with Crippen LogP contribution in [0.2, 0.25) is 0 Å². The lowest BCUT2D eigenvalue weighted by atomic mass is 10.2. The summed E-state index contributed by atoms with van der Waals surface area (Å²) in [5, 5.41) is 0. The number of rotatable bonds is 5. The van der Waals surface area contributed by atoms with Gasteiger partial charge in [0.1, 0.15) is 7.11 Å². The van der Waals surface area contributed by atoms with E-state index in [2.05, 4.69) is 33.2 Å². The molecule has 2 heteroatoms. The van der Waals surface area contributed by atoms with Gasteiger partial charge < -0.3 is 0 Å². The van der Waals surface area contributed by atoms with Gasteiger partial charge in [-0.2, -0.15) is 0 Å². The van der Waals surface area contributed by atoms with Crippen LogP contribution in [0.5, 0.6) is 0 Å². The molecule has 0 atom stereocenters. The quantitative estimate of drug-likeness (QED) is 0.274. The second-order valence-corrected chi connectivity index (χ2v) is 2.99. The molecule has 0 N–H and O–H groups in total. The number of hydroxylamine groups is 1. The lowest BCUT2D eigenvalue weighted by Gasteiger charge is -1.96. The second kappa shape index (κ2) is 6.23. The molecule has 0 aromatic carbocycles. The average molecular weight is 180 g/mol. The number of nitrogens with zero attached hydrogens (tertiary/aromatic N) is 1. The smallest absolute Gasteiger partial charge is 0.256 e. The first-order chi connectivity index (χ1) is 6.11. The van der Waals surface area contributed by atoms with E-state index in [1.165, 1.54) is 4.74 Å². The highest BCUT2D eigenvalue weighted by Crippen LogP contribution is 2.02. The van der Waals surface area contributed by atoms with Gasteiger partial charge in [0, 0.05) is 16.9 Å². The SMILES string of the molecule is C=C/C=C(/C=C/C(C)C)[N+](=C)OC. The molecule has 0 saturated carbocycles. The van der Waals surface area contributed by atoms with Crippen LogP contribution in [0.1, 0.15) is 13.8 Å². The van der Waals surface area contributed by atoms with Crippen LogP contribution in [0, 0.1) is 5.92 Å². The third-order valence-corrected chi connectivity index (χ3v) is 1.45. The Hall–Kier alpha value is -1.31. The zero-order valence-electron chi connectivity index (χ0n) is 8.66. The summed E-state index contributed by atoms with van der Waals surface area (Å²) < 4.78 is 1.44. The van der Waals surface area contributed by atoms with Gasteiger partial charge in [-0.1, -0.05) is 32.6 Å². The van der Waals surface area contributed by atoms with E-state index in [1.54, 1.807) is 13.2 Å². The van der Waals surface area contributed by atoms with E-state index in [0.717, 1.165) is 5.70 Å². The van der Waals surface area contributed by atoms with E-state index in [-0.39, 0.29) is 0 Å². The van der Waals surface area contributed by atoms with Crippen LogP contribution >= 0.6 is 0 Å². The van der Waals surface area contributed by atoms with Gasteiger partial charge in [0.2, 0.25) is 0 Å². The maximum absolute atomic E-state index is 4.95. The standard InChI is InChI=1S/C11H18NO/c1-6-7-11(12(4)13-5)9-8-10(2)3/h6-10H,1,4H2,2-3,5H3/q+1/b9-8+,11-7-. The van der Waals surface area contributed by atoms with Gasteiger partial charge in [-0.05, 0) is 5.92 Å². The summed E-state index contributed by atoms with van der Waals surface area (Å²) in [6.07, 6.45) is 7.59. The van der Waals surface area contributed by atoms with Crippen molar-refractivity contribution in [3.8, 4) is 0 Å². The summed E-state index contributed by atoms with van der Waals surface area (Å²) in [5.74, 6) is 0.512. The van der Waals surface area contributed by atoms with Crippen LogP contribution in [0.15, 0.2) is 36.6 Å². The van der Waals surface area contributed by atoms with Crippen molar-refractivity contribution >= 4 is 6.72 Å². The molecule has 0 rings (SSSR count). The monoisotopic (exact) mass is 180 g/mol. The largest absolute Gasteiger partial charge is 0.275 e. The van der Waals surface area contributed by atoms with Crippen molar-refractivity contribution in [3.63, 3.8) is 0 Å². The summed E-state index contributed by atoms with van der Waals surface area (Å²) in [4.78, 5) is 4.95. The average Bonchev–Trinajstić information content (AvgIpc) is 2.10. The molecule has 72 valence electrons. The molecule has 0 aliphatic carbocycles. The molecule has 0 bridgehead atoms. The Morgan fingerprint density at radius 2 is 2.08 bits per heavy atom. The predicted octanol–water partition coefficient (Wildman–Crippen LogP) is 2.54. The van der Waals surface area contributed by atoms with E-state index >= 15 is 0 Å². The minimum Gasteiger partial charge on any atom is -0.275 e. The maximum atomic E-state index is 4.95. The molecule has 0 aromatic rings. The topological polar surface area (TPSA) is 12.2 Å². The van der Waals surface area contributed by atoms with Crippen molar-refractivity contribution < 1.29 is 9.58 Å². The van der Waals surface area contributed by atoms with Crippen LogP contribution < -0.4 is 0 Å². The summed E-state index contributed by atoms with van der Waals surface area (Å²) in [6, 6.07) is 0. The van der Waals surface area contributed by atoms with Gasteiger partial charge in [0.15, 0.2) is 6.72 Å². The molecule has 13 heavy (non-hydrogen) atoms. The van der Waals surface area contributed by atoms with E-state index in [9.17, 15) is 0 Å². The molecule has 2 nitrogen and oxygen atoms in total. The molecule has 0 saturated heterocycles. The van der Waals surface area contributed by atoms with Gasteiger partial charge in [-0.15, -0.1) is 0 Å². The first-order valence-electron chi connectivity index (χ1n) is 4.27. The highest BCUT2D eigenvalue weighted by molar-refractivity contribution is 5.22. The Morgan fingerprint density at radius 1 is 1.46 bits per heavy atom. The maximum Gasteiger partial charge on any atom is 0.256 e. The molecule has 0 spiro atoms. The van der Waals surface area contributed by atoms with Gasteiger partial charge in [-0.3, -0.25) is 4.84 Å². The normalized spacial score (nSPS) is 12.2. The minimum absolute atomic E-state index is 0.512. The summed E-state index contributed by atoms with van der Waals surface area (Å²) in [6.45, 7) is 11.5. The van der Waals surface area contributed by atoms with Gasteiger partial charge in [-0.25, -0.2) is 0 Å². The zero-order chi connectivity index (χ0) is 10.3. The molecular formula is C11H18NO+. The van der Waals surface area contributed by atoms with Crippen LogP contribution in [0.25, 0.3) is 0 Å². The lowest BCUT2D eigenvalue weighted by molar-refractivity contribution is -0.735. The van der Waals surface area contributed by atoms with Crippen molar-refractivity contribution in [2.24, 2.45) is 5.92 Å². The molecule has 0 aliphatic heterocycles. The number of allylic oxidation sites excluding steroid dienone is 4. The van der Waals surface area contributed by atoms with E-state index in [4.69, 9.17) is 4.84 Å². The molecule has 0 heterocycles. The first kappa shape index (κ1) is 11.7. The number of hydrogen-bond donors (Lipinski definition) is 0. The highest BCUT2D eigenvalue weighted by atomic mass is 16.6. The third kappa shape index (κ3) is 5.01. The fourth-order valence-electron chi connectivity index (χ4n) is 0.739. The Balaban J connectivity index is 4.54. The van der Waals surface area contributed by atoms with Crippen molar-refractivity contribution in [3.05, 3.63) is 36.6 Å². The van der Waals surface area contributed by atoms with Crippen LogP contribution in [0.4, 0.5) is 0 Å². The fourth-order valence-corrected chi connectivity index (χ4v) is 0.739. The van der Waals surface area contributed by atoms with Crippen molar-refractivity contribution in [1.29, 1.82) is 0 Å². The fraction of sp³-hybridized carbons (Fsp3) is 0.364. The highest BCUT2D eigenvalue weighted by Gasteiger charge is 2.05. The number of hydrogen-bond acceptors (Lipinski definition) is 1. The zero-order valence-corrected chi connectivity index (χ0v) is 8.66. The van der Waals surface area contributed by atoms with E-state index < -0.39 is 0 Å². The molecule has 0 aromatic heterocycles. The van der Waals surface area contributed by atoms with Gasteiger partial charge in [0.05, 0.1) is 0 Å². The molecule has 0 amide bonds. The van der Waals surface area contributed by atoms with Crippen LogP contribution in [0.3, 0.4) is 0 Å². The van der Waals surface area contributed by atoms with E-state index in [0.29, 0.717) is 5.92 Å². The lowest BCUT2D eigenvalue weighted by Crippen LogP contribution is -2.05. The first-order valence-corrected chi connectivity index (χ1v) is 4.27. The Bertz CT molecular complexity index is 236. The minimum atomic E-state index is 0.512. The molecule has 0 unspecified atom stereocenters. The molecule has 0 radical (unpaired) electrons. The Kier molecular flexibility index (Phi) is 5.60. The predicted molar refractivity (Wildman–Crippen MR) is 56.6 cm³/mol. The Morgan fingerprint density at radius 3 is 2.46 bits per heavy atom. The van der Waals surface area contributed by atoms with Gasteiger partial charge in [0.25, 0.3) is 5.70 Å². The third-order valence-electron chi connectivity index (χ3n) is 1.45. The Labute approximate surface area is 80.5 Å². The second-order valence-electron chi connectivity index (χ2n) is 2.99. The molecule has 0 fully saturated rings. The van der Waals surface area contributed by atoms with Crippen LogP contribution in [-0.4, -0.2) is 18.6 Å². The summed E-state index contributed by atoms with van der Waals surface area (Å²) >= 11 is 0. The molecule has 0 aliphatic rings. The van der Waals surface area contributed by atoms with Crippen LogP contribution in [-0.2, 0) is 4.84 Å². The summed E-state index contributed by atoms with van der Waals surface area (Å²) in [5.41, 5.74) is 0.881. The van der Waals surface area contributed by atoms with Crippen molar-refractivity contribution in [2.45, 2.75) is 13.8 Å². The van der Waals surface area contributed by atoms with Crippen molar-refractivity contribution in [2.75, 3.05) is 7.11 Å².